The first-order chi connectivity index (χ1) is 11.1. The number of para-hydroxylation sites is 1. The van der Waals surface area contributed by atoms with Crippen molar-refractivity contribution < 1.29 is 9.53 Å². The first-order valence-electron chi connectivity index (χ1n) is 7.81. The van der Waals surface area contributed by atoms with Crippen LogP contribution in [-0.2, 0) is 16.6 Å². The molecular weight excluding hydrogens is 316 g/mol. The second kappa shape index (κ2) is 6.86. The molecule has 1 aliphatic heterocycles. The lowest BCUT2D eigenvalue weighted by Gasteiger charge is -2.28. The number of carbonyl (C=O) groups is 1. The van der Waals surface area contributed by atoms with Crippen LogP contribution in [0.25, 0.3) is 11.0 Å². The van der Waals surface area contributed by atoms with E-state index in [2.05, 4.69) is 10.3 Å². The largest absolute Gasteiger partial charge is 0.381 e. The van der Waals surface area contributed by atoms with Crippen LogP contribution in [0.3, 0.4) is 0 Å². The molecule has 1 aliphatic rings. The molecule has 0 spiro atoms. The summed E-state index contributed by atoms with van der Waals surface area (Å²) in [6, 6.07) is 5.52. The fourth-order valence-corrected chi connectivity index (χ4v) is 3.46. The van der Waals surface area contributed by atoms with Gasteiger partial charge in [0.1, 0.15) is 0 Å². The monoisotopic (exact) mass is 336 g/mol. The standard InChI is InChI=1S/C16H21ClN4O2/c1-21-14-12(17)3-2-4-13(14)19-16(21)20-15(22)11(9-18)10-5-7-23-8-6-10/h2-4,10-11H,5-9,18H2,1H3,(H,19,20,22). The van der Waals surface area contributed by atoms with Gasteiger partial charge in [-0.15, -0.1) is 0 Å². The molecular formula is C16H21ClN4O2. The number of amides is 1. The lowest BCUT2D eigenvalue weighted by molar-refractivity contribution is -0.122. The number of nitrogens with two attached hydrogens (primary N) is 1. The summed E-state index contributed by atoms with van der Waals surface area (Å²) in [4.78, 5) is 17.1. The zero-order valence-corrected chi connectivity index (χ0v) is 13.8. The molecule has 0 radical (unpaired) electrons. The van der Waals surface area contributed by atoms with E-state index in [1.54, 1.807) is 4.57 Å². The lowest BCUT2D eigenvalue weighted by Crippen LogP contribution is -2.38. The maximum Gasteiger partial charge on any atom is 0.231 e. The van der Waals surface area contributed by atoms with Crippen LogP contribution >= 0.6 is 11.6 Å². The van der Waals surface area contributed by atoms with Crippen molar-refractivity contribution >= 4 is 34.5 Å². The van der Waals surface area contributed by atoms with Crippen molar-refractivity contribution in [1.82, 2.24) is 9.55 Å². The number of aromatic nitrogens is 2. The van der Waals surface area contributed by atoms with Gasteiger partial charge in [-0.05, 0) is 30.9 Å². The maximum absolute atomic E-state index is 12.6. The van der Waals surface area contributed by atoms with Crippen molar-refractivity contribution in [1.29, 1.82) is 0 Å². The molecule has 1 unspecified atom stereocenters. The third-order valence-corrected chi connectivity index (χ3v) is 4.81. The van der Waals surface area contributed by atoms with Crippen molar-refractivity contribution in [2.45, 2.75) is 12.8 Å². The lowest BCUT2D eigenvalue weighted by atomic mass is 9.85. The van der Waals surface area contributed by atoms with E-state index in [-0.39, 0.29) is 17.7 Å². The molecule has 1 aromatic heterocycles. The van der Waals surface area contributed by atoms with Gasteiger partial charge in [0.05, 0.1) is 22.0 Å². The smallest absolute Gasteiger partial charge is 0.231 e. The van der Waals surface area contributed by atoms with Crippen LogP contribution < -0.4 is 11.1 Å². The van der Waals surface area contributed by atoms with E-state index in [0.29, 0.717) is 30.7 Å². The van der Waals surface area contributed by atoms with Crippen LogP contribution in [0, 0.1) is 11.8 Å². The molecule has 124 valence electrons. The Morgan fingerprint density at radius 1 is 1.52 bits per heavy atom. The highest BCUT2D eigenvalue weighted by Gasteiger charge is 2.29. The van der Waals surface area contributed by atoms with Gasteiger partial charge in [0.25, 0.3) is 0 Å². The second-order valence-corrected chi connectivity index (χ2v) is 6.29. The number of rotatable bonds is 4. The second-order valence-electron chi connectivity index (χ2n) is 5.88. The number of nitrogens with one attached hydrogen (secondary N) is 1. The topological polar surface area (TPSA) is 82.2 Å². The Labute approximate surface area is 139 Å². The van der Waals surface area contributed by atoms with Gasteiger partial charge in [-0.2, -0.15) is 0 Å². The Morgan fingerprint density at radius 2 is 2.26 bits per heavy atom. The number of anilines is 1. The molecule has 3 N–H and O–H groups in total. The van der Waals surface area contributed by atoms with Gasteiger partial charge in [0.2, 0.25) is 11.9 Å². The Morgan fingerprint density at radius 3 is 2.91 bits per heavy atom. The van der Waals surface area contributed by atoms with Crippen molar-refractivity contribution in [3.8, 4) is 0 Å². The van der Waals surface area contributed by atoms with Gasteiger partial charge in [-0.3, -0.25) is 10.1 Å². The van der Waals surface area contributed by atoms with Crippen molar-refractivity contribution in [2.75, 3.05) is 25.1 Å². The number of hydrogen-bond donors (Lipinski definition) is 2. The number of fused-ring (bicyclic) bond motifs is 1. The average Bonchev–Trinajstić information content (AvgIpc) is 2.86. The molecule has 6 nitrogen and oxygen atoms in total. The molecule has 0 bridgehead atoms. The molecule has 1 saturated heterocycles. The number of ether oxygens (including phenoxy) is 1. The molecule has 2 aromatic rings. The average molecular weight is 337 g/mol. The summed E-state index contributed by atoms with van der Waals surface area (Å²) in [5.74, 6) is 0.429. The number of hydrogen-bond acceptors (Lipinski definition) is 4. The molecule has 1 fully saturated rings. The van der Waals surface area contributed by atoms with Crippen molar-refractivity contribution in [3.63, 3.8) is 0 Å². The van der Waals surface area contributed by atoms with Gasteiger partial charge in [-0.25, -0.2) is 4.98 Å². The third-order valence-electron chi connectivity index (χ3n) is 4.51. The van der Waals surface area contributed by atoms with Crippen LogP contribution in [0.5, 0.6) is 0 Å². The fourth-order valence-electron chi connectivity index (χ4n) is 3.17. The van der Waals surface area contributed by atoms with E-state index in [1.165, 1.54) is 0 Å². The number of halogens is 1. The van der Waals surface area contributed by atoms with Gasteiger partial charge in [0, 0.05) is 26.8 Å². The van der Waals surface area contributed by atoms with E-state index in [4.69, 9.17) is 22.1 Å². The molecule has 1 amide bonds. The summed E-state index contributed by atoms with van der Waals surface area (Å²) in [6.45, 7) is 1.70. The van der Waals surface area contributed by atoms with Crippen molar-refractivity contribution in [3.05, 3.63) is 23.2 Å². The van der Waals surface area contributed by atoms with Crippen molar-refractivity contribution in [2.24, 2.45) is 24.6 Å². The molecule has 7 heteroatoms. The van der Waals surface area contributed by atoms with Crippen LogP contribution in [-0.4, -0.2) is 35.2 Å². The number of carbonyl (C=O) groups excluding carboxylic acids is 1. The minimum Gasteiger partial charge on any atom is -0.381 e. The highest BCUT2D eigenvalue weighted by atomic mass is 35.5. The first-order valence-corrected chi connectivity index (χ1v) is 8.19. The number of aryl methyl sites for hydroxylation is 1. The Hall–Kier alpha value is -1.63. The summed E-state index contributed by atoms with van der Waals surface area (Å²) >= 11 is 6.22. The fraction of sp³-hybridized carbons (Fsp3) is 0.500. The summed E-state index contributed by atoms with van der Waals surface area (Å²) in [5.41, 5.74) is 7.41. The predicted octanol–water partition coefficient (Wildman–Crippen LogP) is 2.17. The zero-order chi connectivity index (χ0) is 16.4. The highest BCUT2D eigenvalue weighted by Crippen LogP contribution is 2.27. The summed E-state index contributed by atoms with van der Waals surface area (Å²) < 4.78 is 7.16. The van der Waals surface area contributed by atoms with Gasteiger partial charge < -0.3 is 15.0 Å². The molecule has 2 heterocycles. The van der Waals surface area contributed by atoms with Crippen LogP contribution in [0.4, 0.5) is 5.95 Å². The number of benzene rings is 1. The zero-order valence-electron chi connectivity index (χ0n) is 13.1. The minimum absolute atomic E-state index is 0.0890. The van der Waals surface area contributed by atoms with E-state index in [1.807, 2.05) is 25.2 Å². The third kappa shape index (κ3) is 3.20. The summed E-state index contributed by atoms with van der Waals surface area (Å²) in [5, 5.41) is 3.52. The molecule has 23 heavy (non-hydrogen) atoms. The summed E-state index contributed by atoms with van der Waals surface area (Å²) in [7, 11) is 1.84. The molecule has 0 aliphatic carbocycles. The number of imidazole rings is 1. The Bertz CT molecular complexity index is 709. The van der Waals surface area contributed by atoms with Gasteiger partial charge in [0.15, 0.2) is 0 Å². The quantitative estimate of drug-likeness (QED) is 0.896. The molecule has 1 atom stereocenters. The van der Waals surface area contributed by atoms with E-state index in [0.717, 1.165) is 23.9 Å². The van der Waals surface area contributed by atoms with Crippen LogP contribution in [0.1, 0.15) is 12.8 Å². The SMILES string of the molecule is Cn1c(NC(=O)C(CN)C2CCOCC2)nc2cccc(Cl)c21. The molecule has 0 saturated carbocycles. The Balaban J connectivity index is 1.81. The van der Waals surface area contributed by atoms with E-state index >= 15 is 0 Å². The van der Waals surface area contributed by atoms with Gasteiger partial charge in [-0.1, -0.05) is 17.7 Å². The van der Waals surface area contributed by atoms with Crippen LogP contribution in [0.2, 0.25) is 5.02 Å². The van der Waals surface area contributed by atoms with Gasteiger partial charge >= 0.3 is 0 Å². The van der Waals surface area contributed by atoms with E-state index in [9.17, 15) is 4.79 Å². The minimum atomic E-state index is -0.228. The Kier molecular flexibility index (Phi) is 4.84. The first kappa shape index (κ1) is 16.2. The molecule has 1 aromatic carbocycles. The predicted molar refractivity (Wildman–Crippen MR) is 90.4 cm³/mol. The van der Waals surface area contributed by atoms with E-state index < -0.39 is 0 Å². The number of nitrogens with zero attached hydrogens (tertiary/aromatic N) is 2. The normalized spacial score (nSPS) is 17.3. The maximum atomic E-state index is 12.6. The van der Waals surface area contributed by atoms with Crippen LogP contribution in [0.15, 0.2) is 18.2 Å². The highest BCUT2D eigenvalue weighted by molar-refractivity contribution is 6.35. The molecule has 3 rings (SSSR count). The summed E-state index contributed by atoms with van der Waals surface area (Å²) in [6.07, 6.45) is 1.73.